The van der Waals surface area contributed by atoms with Gasteiger partial charge in [-0.2, -0.15) is 0 Å². The van der Waals surface area contributed by atoms with Crippen LogP contribution < -0.4 is 0 Å². The number of hydrogen-bond acceptors (Lipinski definition) is 3. The zero-order chi connectivity index (χ0) is 17.0. The van der Waals surface area contributed by atoms with Crippen molar-refractivity contribution in [2.45, 2.75) is 13.0 Å². The molecule has 0 saturated heterocycles. The first-order valence-corrected chi connectivity index (χ1v) is 9.23. The number of fused-ring (bicyclic) bond motifs is 4. The number of amides is 1. The number of carbonyl (C=O) groups is 2. The van der Waals surface area contributed by atoms with Gasteiger partial charge >= 0.3 is 0 Å². The highest BCUT2D eigenvalue weighted by Gasteiger charge is 2.28. The normalized spacial score (nSPS) is 14.9. The first kappa shape index (κ1) is 14.6. The predicted octanol–water partition coefficient (Wildman–Crippen LogP) is 4.16. The van der Waals surface area contributed by atoms with Crippen LogP contribution in [0.4, 0.5) is 0 Å². The van der Waals surface area contributed by atoms with Gasteiger partial charge in [0.1, 0.15) is 0 Å². The molecule has 1 aliphatic heterocycles. The monoisotopic (exact) mass is 345 g/mol. The van der Waals surface area contributed by atoms with Gasteiger partial charge in [-0.3, -0.25) is 9.59 Å². The summed E-state index contributed by atoms with van der Waals surface area (Å²) in [5, 5.41) is 2.09. The van der Waals surface area contributed by atoms with Gasteiger partial charge in [0.05, 0.1) is 0 Å². The van der Waals surface area contributed by atoms with Gasteiger partial charge in [0.2, 0.25) is 0 Å². The molecule has 4 heteroatoms. The molecular weight excluding hydrogens is 330 g/mol. The average molecular weight is 345 g/mol. The molecule has 0 bridgehead atoms. The quantitative estimate of drug-likeness (QED) is 0.519. The molecule has 1 amide bonds. The predicted molar refractivity (Wildman–Crippen MR) is 98.1 cm³/mol. The number of rotatable bonds is 1. The van der Waals surface area contributed by atoms with E-state index in [9.17, 15) is 9.59 Å². The molecule has 1 aromatic heterocycles. The molecule has 2 aromatic carbocycles. The molecule has 0 radical (unpaired) electrons. The van der Waals surface area contributed by atoms with Gasteiger partial charge in [-0.15, -0.1) is 11.3 Å². The molecule has 0 unspecified atom stereocenters. The maximum absolute atomic E-state index is 12.9. The summed E-state index contributed by atoms with van der Waals surface area (Å²) in [6.45, 7) is 1.39. The van der Waals surface area contributed by atoms with Gasteiger partial charge in [-0.1, -0.05) is 30.3 Å². The fourth-order valence-corrected chi connectivity index (χ4v) is 4.66. The summed E-state index contributed by atoms with van der Waals surface area (Å²) in [5.74, 6) is 0.0161. The van der Waals surface area contributed by atoms with Crippen LogP contribution >= 0.6 is 11.3 Å². The van der Waals surface area contributed by atoms with E-state index in [1.54, 1.807) is 17.4 Å². The Morgan fingerprint density at radius 3 is 2.64 bits per heavy atom. The van der Waals surface area contributed by atoms with Crippen molar-refractivity contribution in [1.29, 1.82) is 0 Å². The van der Waals surface area contributed by atoms with Crippen LogP contribution in [0.15, 0.2) is 53.9 Å². The Kier molecular flexibility index (Phi) is 3.15. The minimum Gasteiger partial charge on any atom is -0.334 e. The summed E-state index contributed by atoms with van der Waals surface area (Å²) >= 11 is 1.76. The van der Waals surface area contributed by atoms with Crippen molar-refractivity contribution >= 4 is 23.0 Å². The summed E-state index contributed by atoms with van der Waals surface area (Å²) in [7, 11) is 0. The number of hydrogen-bond donors (Lipinski definition) is 0. The highest BCUT2D eigenvalue weighted by Crippen LogP contribution is 2.37. The molecule has 0 N–H and O–H groups in total. The van der Waals surface area contributed by atoms with Crippen molar-refractivity contribution in [2.24, 2.45) is 0 Å². The second-order valence-corrected chi connectivity index (χ2v) is 7.48. The molecule has 25 heavy (non-hydrogen) atoms. The topological polar surface area (TPSA) is 37.4 Å². The van der Waals surface area contributed by atoms with Crippen molar-refractivity contribution in [2.75, 3.05) is 6.54 Å². The van der Waals surface area contributed by atoms with E-state index in [-0.39, 0.29) is 11.7 Å². The Morgan fingerprint density at radius 1 is 0.960 bits per heavy atom. The van der Waals surface area contributed by atoms with Crippen LogP contribution in [-0.4, -0.2) is 23.1 Å². The Labute approximate surface area is 149 Å². The number of ketones is 1. The number of thiophene rings is 1. The first-order chi connectivity index (χ1) is 12.2. The van der Waals surface area contributed by atoms with E-state index in [1.807, 2.05) is 41.3 Å². The zero-order valence-electron chi connectivity index (χ0n) is 13.5. The summed E-state index contributed by atoms with van der Waals surface area (Å²) < 4.78 is 0. The Balaban J connectivity index is 1.49. The molecule has 3 nitrogen and oxygen atoms in total. The minimum absolute atomic E-state index is 0.00315. The summed E-state index contributed by atoms with van der Waals surface area (Å²) in [6.07, 6.45) is 0.911. The second-order valence-electron chi connectivity index (χ2n) is 6.48. The molecule has 0 atom stereocenters. The van der Waals surface area contributed by atoms with Crippen LogP contribution in [0.3, 0.4) is 0 Å². The lowest BCUT2D eigenvalue weighted by atomic mass is 10.0. The average Bonchev–Trinajstić information content (AvgIpc) is 3.24. The summed E-state index contributed by atoms with van der Waals surface area (Å²) in [5.41, 5.74) is 5.09. The van der Waals surface area contributed by atoms with Crippen molar-refractivity contribution < 1.29 is 9.59 Å². The molecule has 0 saturated carbocycles. The lowest BCUT2D eigenvalue weighted by molar-refractivity contribution is 0.0736. The van der Waals surface area contributed by atoms with E-state index in [0.717, 1.165) is 29.7 Å². The van der Waals surface area contributed by atoms with Crippen LogP contribution in [0.2, 0.25) is 0 Å². The van der Waals surface area contributed by atoms with Gasteiger partial charge in [-0.25, -0.2) is 0 Å². The molecule has 0 fully saturated rings. The molecule has 5 rings (SSSR count). The molecule has 1 aliphatic carbocycles. The number of nitrogens with zero attached hydrogens (tertiary/aromatic N) is 1. The number of carbonyl (C=O) groups excluding carboxylic acids is 2. The second kappa shape index (κ2) is 5.39. The van der Waals surface area contributed by atoms with Gasteiger partial charge in [0.15, 0.2) is 5.78 Å². The Morgan fingerprint density at radius 2 is 1.76 bits per heavy atom. The lowest BCUT2D eigenvalue weighted by Crippen LogP contribution is -2.35. The van der Waals surface area contributed by atoms with E-state index in [2.05, 4.69) is 11.4 Å². The smallest absolute Gasteiger partial charge is 0.254 e. The van der Waals surface area contributed by atoms with Gasteiger partial charge in [-0.05, 0) is 46.7 Å². The lowest BCUT2D eigenvalue weighted by Gasteiger charge is -2.27. The fourth-order valence-electron chi connectivity index (χ4n) is 3.77. The van der Waals surface area contributed by atoms with Crippen LogP contribution in [0.25, 0.3) is 11.1 Å². The maximum atomic E-state index is 12.9. The zero-order valence-corrected chi connectivity index (χ0v) is 14.3. The number of benzene rings is 2. The molecule has 2 heterocycles. The third kappa shape index (κ3) is 2.18. The van der Waals surface area contributed by atoms with Gasteiger partial charge in [0, 0.05) is 34.7 Å². The van der Waals surface area contributed by atoms with Crippen molar-refractivity contribution in [3.05, 3.63) is 81.0 Å². The Hall–Kier alpha value is -2.72. The van der Waals surface area contributed by atoms with Gasteiger partial charge < -0.3 is 4.90 Å². The van der Waals surface area contributed by atoms with Gasteiger partial charge in [0.25, 0.3) is 5.91 Å². The van der Waals surface area contributed by atoms with Crippen molar-refractivity contribution in [3.8, 4) is 11.1 Å². The van der Waals surface area contributed by atoms with Crippen molar-refractivity contribution in [1.82, 2.24) is 4.90 Å². The maximum Gasteiger partial charge on any atom is 0.254 e. The standard InChI is InChI=1S/C21H15NO2S/c23-20-17-4-2-1-3-15(17)16-6-5-13(11-18(16)20)21(24)22-9-7-19-14(12-22)8-10-25-19/h1-6,8,10-11H,7,9,12H2. The van der Waals surface area contributed by atoms with Crippen LogP contribution in [0, 0.1) is 0 Å². The van der Waals surface area contributed by atoms with E-state index in [4.69, 9.17) is 0 Å². The fraction of sp³-hybridized carbons (Fsp3) is 0.143. The third-order valence-corrected chi connectivity index (χ3v) is 6.09. The Bertz CT molecular complexity index is 1030. The molecular formula is C21H15NO2S. The highest BCUT2D eigenvalue weighted by molar-refractivity contribution is 7.10. The van der Waals surface area contributed by atoms with Crippen molar-refractivity contribution in [3.63, 3.8) is 0 Å². The molecule has 0 spiro atoms. The van der Waals surface area contributed by atoms with Crippen LogP contribution in [0.5, 0.6) is 0 Å². The van der Waals surface area contributed by atoms with E-state index in [1.165, 1.54) is 10.4 Å². The molecule has 2 aliphatic rings. The SMILES string of the molecule is O=C1c2ccccc2-c2ccc(C(=O)N3CCc4sccc4C3)cc21. The summed E-state index contributed by atoms with van der Waals surface area (Å²) in [6, 6.07) is 15.2. The summed E-state index contributed by atoms with van der Waals surface area (Å²) in [4.78, 5) is 28.8. The van der Waals surface area contributed by atoms with E-state index >= 15 is 0 Å². The van der Waals surface area contributed by atoms with E-state index in [0.29, 0.717) is 17.7 Å². The minimum atomic E-state index is 0.00315. The van der Waals surface area contributed by atoms with E-state index < -0.39 is 0 Å². The largest absolute Gasteiger partial charge is 0.334 e. The van der Waals surface area contributed by atoms with Crippen LogP contribution in [-0.2, 0) is 13.0 Å². The molecule has 122 valence electrons. The highest BCUT2D eigenvalue weighted by atomic mass is 32.1. The third-order valence-electron chi connectivity index (χ3n) is 5.07. The van der Waals surface area contributed by atoms with Crippen LogP contribution in [0.1, 0.15) is 36.7 Å². The first-order valence-electron chi connectivity index (χ1n) is 8.35. The molecule has 3 aromatic rings.